The summed E-state index contributed by atoms with van der Waals surface area (Å²) in [6.45, 7) is 1.28. The highest BCUT2D eigenvalue weighted by molar-refractivity contribution is 6.06. The molecule has 1 aliphatic heterocycles. The van der Waals surface area contributed by atoms with Gasteiger partial charge in [-0.1, -0.05) is 0 Å². The number of benzene rings is 1. The number of carbonyl (C=O) groups is 1. The molecule has 0 spiro atoms. The van der Waals surface area contributed by atoms with E-state index in [1.165, 1.54) is 24.7 Å². The fraction of sp³-hybridized carbons (Fsp3) is 0.312. The van der Waals surface area contributed by atoms with Gasteiger partial charge in [0.05, 0.1) is 11.8 Å². The first-order valence-electron chi connectivity index (χ1n) is 7.54. The van der Waals surface area contributed by atoms with E-state index in [1.807, 2.05) is 0 Å². The third-order valence-electron chi connectivity index (χ3n) is 4.40. The molecule has 0 atom stereocenters. The maximum Gasteiger partial charge on any atom is 0.254 e. The fourth-order valence-electron chi connectivity index (χ4n) is 3.15. The van der Waals surface area contributed by atoms with Gasteiger partial charge in [0.15, 0.2) is 11.4 Å². The number of H-pyrrole nitrogens is 1. The molecular formula is C16H15FN4O2. The highest BCUT2D eigenvalue weighted by Crippen LogP contribution is 2.28. The molecule has 1 aliphatic rings. The quantitative estimate of drug-likeness (QED) is 0.789. The van der Waals surface area contributed by atoms with E-state index in [1.54, 1.807) is 11.0 Å². The van der Waals surface area contributed by atoms with Crippen molar-refractivity contribution in [3.8, 4) is 0 Å². The largest absolute Gasteiger partial charge is 0.461 e. The van der Waals surface area contributed by atoms with Gasteiger partial charge < -0.3 is 9.32 Å². The zero-order valence-electron chi connectivity index (χ0n) is 12.3. The molecule has 0 bridgehead atoms. The van der Waals surface area contributed by atoms with Crippen LogP contribution in [0.2, 0.25) is 0 Å². The summed E-state index contributed by atoms with van der Waals surface area (Å²) in [6.07, 6.45) is 4.56. The zero-order chi connectivity index (χ0) is 15.8. The maximum absolute atomic E-state index is 13.7. The van der Waals surface area contributed by atoms with E-state index < -0.39 is 5.82 Å². The van der Waals surface area contributed by atoms with Crippen LogP contribution in [0.5, 0.6) is 0 Å². The van der Waals surface area contributed by atoms with E-state index >= 15 is 0 Å². The number of aromatic amines is 1. The number of aromatic nitrogens is 3. The number of piperidine rings is 1. The lowest BCUT2D eigenvalue weighted by molar-refractivity contribution is 0.0713. The molecule has 1 amide bonds. The average Bonchev–Trinajstić information content (AvgIpc) is 3.27. The fourth-order valence-corrected chi connectivity index (χ4v) is 3.15. The summed E-state index contributed by atoms with van der Waals surface area (Å²) in [5, 5.41) is 7.28. The molecule has 118 valence electrons. The first kappa shape index (κ1) is 13.9. The van der Waals surface area contributed by atoms with Crippen molar-refractivity contribution in [3.63, 3.8) is 0 Å². The number of carbonyl (C=O) groups excluding carboxylic acids is 1. The van der Waals surface area contributed by atoms with Crippen LogP contribution in [-0.2, 0) is 0 Å². The number of hydrogen-bond acceptors (Lipinski definition) is 4. The standard InChI is InChI=1S/C16H15FN4O2/c17-13-2-1-12(11-5-8-23-14(11)13)16(22)21-6-3-10(4-7-21)15-18-9-19-20-15/h1-2,5,8-10H,3-4,6-7H2,(H,18,19,20). The van der Waals surface area contributed by atoms with Crippen molar-refractivity contribution in [1.29, 1.82) is 0 Å². The van der Waals surface area contributed by atoms with Crippen molar-refractivity contribution in [2.45, 2.75) is 18.8 Å². The first-order valence-corrected chi connectivity index (χ1v) is 7.54. The Labute approximate surface area is 131 Å². The Morgan fingerprint density at radius 3 is 2.87 bits per heavy atom. The van der Waals surface area contributed by atoms with Gasteiger partial charge in [-0.05, 0) is 31.0 Å². The van der Waals surface area contributed by atoms with E-state index in [0.717, 1.165) is 18.7 Å². The third-order valence-corrected chi connectivity index (χ3v) is 4.40. The molecular weight excluding hydrogens is 299 g/mol. The van der Waals surface area contributed by atoms with Crippen LogP contribution in [0.3, 0.4) is 0 Å². The summed E-state index contributed by atoms with van der Waals surface area (Å²) < 4.78 is 18.8. The predicted octanol–water partition coefficient (Wildman–Crippen LogP) is 2.71. The molecule has 23 heavy (non-hydrogen) atoms. The molecule has 3 heterocycles. The van der Waals surface area contributed by atoms with Gasteiger partial charge in [0, 0.05) is 24.4 Å². The predicted molar refractivity (Wildman–Crippen MR) is 80.4 cm³/mol. The Kier molecular flexibility index (Phi) is 3.33. The van der Waals surface area contributed by atoms with Crippen molar-refractivity contribution in [3.05, 3.63) is 48.0 Å². The second kappa shape index (κ2) is 5.49. The number of nitrogens with zero attached hydrogens (tertiary/aromatic N) is 3. The number of hydrogen-bond donors (Lipinski definition) is 1. The number of amides is 1. The van der Waals surface area contributed by atoms with Gasteiger partial charge in [-0.3, -0.25) is 9.89 Å². The summed E-state index contributed by atoms with van der Waals surface area (Å²) in [7, 11) is 0. The van der Waals surface area contributed by atoms with Crippen LogP contribution in [0.15, 0.2) is 35.2 Å². The van der Waals surface area contributed by atoms with Gasteiger partial charge in [0.25, 0.3) is 5.91 Å². The monoisotopic (exact) mass is 314 g/mol. The Morgan fingerprint density at radius 1 is 1.30 bits per heavy atom. The number of rotatable bonds is 2. The van der Waals surface area contributed by atoms with Crippen LogP contribution in [-0.4, -0.2) is 39.1 Å². The van der Waals surface area contributed by atoms with Crippen LogP contribution in [0.4, 0.5) is 4.39 Å². The highest BCUT2D eigenvalue weighted by Gasteiger charge is 2.27. The maximum atomic E-state index is 13.7. The lowest BCUT2D eigenvalue weighted by Crippen LogP contribution is -2.38. The van der Waals surface area contributed by atoms with Crippen molar-refractivity contribution in [1.82, 2.24) is 20.1 Å². The van der Waals surface area contributed by atoms with Crippen LogP contribution in [0, 0.1) is 5.82 Å². The smallest absolute Gasteiger partial charge is 0.254 e. The molecule has 1 N–H and O–H groups in total. The third kappa shape index (κ3) is 2.38. The van der Waals surface area contributed by atoms with Crippen molar-refractivity contribution < 1.29 is 13.6 Å². The van der Waals surface area contributed by atoms with Gasteiger partial charge in [-0.15, -0.1) is 0 Å². The number of nitrogens with one attached hydrogen (secondary N) is 1. The molecule has 2 aromatic heterocycles. The van der Waals surface area contributed by atoms with E-state index in [9.17, 15) is 9.18 Å². The second-order valence-corrected chi connectivity index (χ2v) is 5.70. The summed E-state index contributed by atoms with van der Waals surface area (Å²) in [6, 6.07) is 4.44. The molecule has 4 rings (SSSR count). The molecule has 0 radical (unpaired) electrons. The zero-order valence-corrected chi connectivity index (χ0v) is 12.3. The molecule has 7 heteroatoms. The Bertz CT molecular complexity index is 835. The van der Waals surface area contributed by atoms with Gasteiger partial charge in [0.2, 0.25) is 0 Å². The highest BCUT2D eigenvalue weighted by atomic mass is 19.1. The van der Waals surface area contributed by atoms with Crippen molar-refractivity contribution in [2.75, 3.05) is 13.1 Å². The van der Waals surface area contributed by atoms with Gasteiger partial charge in [-0.25, -0.2) is 9.37 Å². The minimum Gasteiger partial charge on any atom is -0.461 e. The summed E-state index contributed by atoms with van der Waals surface area (Å²) in [5.74, 6) is 0.623. The average molecular weight is 314 g/mol. The molecule has 1 aromatic carbocycles. The first-order chi connectivity index (χ1) is 11.2. The van der Waals surface area contributed by atoms with E-state index in [0.29, 0.717) is 30.0 Å². The van der Waals surface area contributed by atoms with Crippen LogP contribution < -0.4 is 0 Å². The van der Waals surface area contributed by atoms with Gasteiger partial charge >= 0.3 is 0 Å². The normalized spacial score (nSPS) is 16.1. The molecule has 3 aromatic rings. The topological polar surface area (TPSA) is 75.0 Å². The number of halogens is 1. The van der Waals surface area contributed by atoms with Gasteiger partial charge in [-0.2, -0.15) is 5.10 Å². The SMILES string of the molecule is O=C(c1ccc(F)c2occc12)N1CCC(c2ncn[nH]2)CC1. The van der Waals surface area contributed by atoms with Gasteiger partial charge in [0.1, 0.15) is 12.2 Å². The van der Waals surface area contributed by atoms with Crippen LogP contribution in [0.25, 0.3) is 11.0 Å². The van der Waals surface area contributed by atoms with E-state index in [4.69, 9.17) is 4.42 Å². The molecule has 1 fully saturated rings. The van der Waals surface area contributed by atoms with Crippen molar-refractivity contribution >= 4 is 16.9 Å². The minimum atomic E-state index is -0.453. The molecule has 6 nitrogen and oxygen atoms in total. The Hall–Kier alpha value is -2.70. The Balaban J connectivity index is 1.54. The summed E-state index contributed by atoms with van der Waals surface area (Å²) >= 11 is 0. The number of fused-ring (bicyclic) bond motifs is 1. The minimum absolute atomic E-state index is 0.0904. The second-order valence-electron chi connectivity index (χ2n) is 5.70. The lowest BCUT2D eigenvalue weighted by Gasteiger charge is -2.31. The molecule has 0 aliphatic carbocycles. The van der Waals surface area contributed by atoms with E-state index in [-0.39, 0.29) is 11.5 Å². The Morgan fingerprint density at radius 2 is 2.13 bits per heavy atom. The van der Waals surface area contributed by atoms with Crippen LogP contribution in [0.1, 0.15) is 34.9 Å². The number of furan rings is 1. The molecule has 1 saturated heterocycles. The van der Waals surface area contributed by atoms with Crippen LogP contribution >= 0.6 is 0 Å². The molecule has 0 saturated carbocycles. The summed E-state index contributed by atoms with van der Waals surface area (Å²) in [4.78, 5) is 18.7. The molecule has 0 unspecified atom stereocenters. The van der Waals surface area contributed by atoms with E-state index in [2.05, 4.69) is 15.2 Å². The number of likely N-dealkylation sites (tertiary alicyclic amines) is 1. The summed E-state index contributed by atoms with van der Waals surface area (Å²) in [5.41, 5.74) is 0.612. The lowest BCUT2D eigenvalue weighted by atomic mass is 9.95. The van der Waals surface area contributed by atoms with Crippen molar-refractivity contribution in [2.24, 2.45) is 0 Å².